The molecule has 0 aliphatic carbocycles. The van der Waals surface area contributed by atoms with Crippen LogP contribution in [0.15, 0.2) is 47.6 Å². The molecule has 4 rings (SSSR count). The first-order chi connectivity index (χ1) is 13.8. The van der Waals surface area contributed by atoms with Crippen LogP contribution in [0, 0.1) is 5.92 Å². The number of piperidine rings is 1. The number of amides is 2. The molecule has 2 amide bonds. The molecule has 2 aliphatic heterocycles. The summed E-state index contributed by atoms with van der Waals surface area (Å²) < 4.78 is 24.7. The molecule has 1 aromatic heterocycles. The second kappa shape index (κ2) is 7.62. The first-order valence-electron chi connectivity index (χ1n) is 9.65. The first-order valence-corrected chi connectivity index (χ1v) is 11.5. The Morgan fingerprint density at radius 1 is 1.14 bits per heavy atom. The van der Waals surface area contributed by atoms with E-state index in [9.17, 15) is 18.0 Å². The van der Waals surface area contributed by atoms with Crippen molar-refractivity contribution in [2.45, 2.75) is 30.3 Å². The van der Waals surface area contributed by atoms with Gasteiger partial charge in [0.1, 0.15) is 6.54 Å². The number of carbonyl (C=O) groups excluding carboxylic acids is 2. The molecule has 2 atom stereocenters. The minimum absolute atomic E-state index is 0.0506. The van der Waals surface area contributed by atoms with Crippen LogP contribution in [0.25, 0.3) is 0 Å². The fourth-order valence-corrected chi connectivity index (χ4v) is 4.77. The topological polar surface area (TPSA) is 92.6 Å². The van der Waals surface area contributed by atoms with E-state index in [1.54, 1.807) is 47.4 Å². The summed E-state index contributed by atoms with van der Waals surface area (Å²) in [6.45, 7) is 2.23. The number of sulfone groups is 1. The lowest BCUT2D eigenvalue weighted by atomic mass is 9.82. The Hall–Kier alpha value is -2.68. The van der Waals surface area contributed by atoms with Gasteiger partial charge in [0.15, 0.2) is 9.84 Å². The van der Waals surface area contributed by atoms with Crippen LogP contribution in [0.2, 0.25) is 0 Å². The fourth-order valence-electron chi connectivity index (χ4n) is 4.14. The van der Waals surface area contributed by atoms with Gasteiger partial charge >= 0.3 is 0 Å². The van der Waals surface area contributed by atoms with Gasteiger partial charge in [0.05, 0.1) is 11.3 Å². The minimum atomic E-state index is -3.24. The number of hydrogen-bond acceptors (Lipinski definition) is 5. The van der Waals surface area contributed by atoms with Crippen molar-refractivity contribution < 1.29 is 18.0 Å². The summed E-state index contributed by atoms with van der Waals surface area (Å²) in [6.07, 6.45) is 5.64. The van der Waals surface area contributed by atoms with Gasteiger partial charge in [-0.1, -0.05) is 12.1 Å². The standard InChI is InChI=1S/C20H24N4O4S/c1-29(27,28)17-5-3-15(4-6-17)11-19(25)24-13-16-12-22(10-7-18(16)24)20(26)14-23-9-2-8-21-23/h2-6,8-9,16,18H,7,10-14H2,1H3/t16-,18-/m0/s1. The van der Waals surface area contributed by atoms with Crippen LogP contribution >= 0.6 is 0 Å². The maximum Gasteiger partial charge on any atom is 0.244 e. The number of fused-ring (bicyclic) bond motifs is 1. The zero-order chi connectivity index (χ0) is 20.6. The van der Waals surface area contributed by atoms with Crippen molar-refractivity contribution in [2.75, 3.05) is 25.9 Å². The lowest BCUT2D eigenvalue weighted by Gasteiger charge is -2.53. The molecule has 29 heavy (non-hydrogen) atoms. The summed E-state index contributed by atoms with van der Waals surface area (Å²) in [5.41, 5.74) is 0.803. The van der Waals surface area contributed by atoms with Crippen LogP contribution < -0.4 is 0 Å². The highest BCUT2D eigenvalue weighted by molar-refractivity contribution is 7.90. The summed E-state index contributed by atoms with van der Waals surface area (Å²) in [4.78, 5) is 29.1. The Balaban J connectivity index is 1.29. The molecule has 2 fully saturated rings. The average molecular weight is 417 g/mol. The first kappa shape index (κ1) is 19.6. The number of carbonyl (C=O) groups is 2. The van der Waals surface area contributed by atoms with Gasteiger partial charge in [0, 0.05) is 50.2 Å². The molecule has 2 aliphatic rings. The van der Waals surface area contributed by atoms with Crippen LogP contribution in [-0.4, -0.2) is 71.7 Å². The van der Waals surface area contributed by atoms with Crippen molar-refractivity contribution in [3.63, 3.8) is 0 Å². The molecule has 2 saturated heterocycles. The maximum atomic E-state index is 12.7. The third kappa shape index (κ3) is 4.19. The Morgan fingerprint density at radius 3 is 2.52 bits per heavy atom. The number of benzene rings is 1. The number of nitrogens with zero attached hydrogens (tertiary/aromatic N) is 4. The van der Waals surface area contributed by atoms with Crippen LogP contribution in [0.1, 0.15) is 12.0 Å². The third-order valence-corrected chi connectivity index (χ3v) is 6.89. The van der Waals surface area contributed by atoms with Crippen molar-refractivity contribution in [3.8, 4) is 0 Å². The van der Waals surface area contributed by atoms with Crippen LogP contribution in [0.3, 0.4) is 0 Å². The summed E-state index contributed by atoms with van der Waals surface area (Å²) in [7, 11) is -3.24. The number of hydrogen-bond donors (Lipinski definition) is 0. The van der Waals surface area contributed by atoms with E-state index >= 15 is 0 Å². The largest absolute Gasteiger partial charge is 0.341 e. The van der Waals surface area contributed by atoms with Gasteiger partial charge in [-0.2, -0.15) is 5.10 Å². The third-order valence-electron chi connectivity index (χ3n) is 5.76. The highest BCUT2D eigenvalue weighted by Gasteiger charge is 2.45. The molecule has 0 spiro atoms. The predicted octanol–water partition coefficient (Wildman–Crippen LogP) is 0.589. The van der Waals surface area contributed by atoms with E-state index in [0.29, 0.717) is 25.6 Å². The summed E-state index contributed by atoms with van der Waals surface area (Å²) in [6, 6.07) is 8.46. The van der Waals surface area contributed by atoms with Crippen molar-refractivity contribution in [1.82, 2.24) is 19.6 Å². The lowest BCUT2D eigenvalue weighted by Crippen LogP contribution is -2.65. The molecule has 0 unspecified atom stereocenters. The zero-order valence-electron chi connectivity index (χ0n) is 16.3. The SMILES string of the molecule is CS(=O)(=O)c1ccc(CC(=O)N2C[C@@H]3CN(C(=O)Cn4cccn4)CC[C@@H]32)cc1. The van der Waals surface area contributed by atoms with E-state index in [-0.39, 0.29) is 35.7 Å². The second-order valence-corrected chi connectivity index (χ2v) is 9.81. The summed E-state index contributed by atoms with van der Waals surface area (Å²) >= 11 is 0. The molecular weight excluding hydrogens is 392 g/mol. The Kier molecular flexibility index (Phi) is 5.16. The van der Waals surface area contributed by atoms with Gasteiger partial charge in [-0.05, 0) is 30.2 Å². The Labute approximate surface area is 170 Å². The summed E-state index contributed by atoms with van der Waals surface area (Å²) in [5, 5.41) is 4.08. The monoisotopic (exact) mass is 416 g/mol. The van der Waals surface area contributed by atoms with Gasteiger partial charge in [-0.15, -0.1) is 0 Å². The zero-order valence-corrected chi connectivity index (χ0v) is 17.1. The molecule has 0 saturated carbocycles. The minimum Gasteiger partial charge on any atom is -0.341 e. The maximum absolute atomic E-state index is 12.7. The van der Waals surface area contributed by atoms with Crippen molar-refractivity contribution in [2.24, 2.45) is 5.92 Å². The van der Waals surface area contributed by atoms with E-state index in [1.165, 1.54) is 6.26 Å². The van der Waals surface area contributed by atoms with Gasteiger partial charge < -0.3 is 9.80 Å². The molecule has 2 aromatic rings. The van der Waals surface area contributed by atoms with E-state index in [4.69, 9.17) is 0 Å². The van der Waals surface area contributed by atoms with E-state index in [2.05, 4.69) is 5.10 Å². The number of rotatable bonds is 5. The van der Waals surface area contributed by atoms with Crippen molar-refractivity contribution in [1.29, 1.82) is 0 Å². The van der Waals surface area contributed by atoms with E-state index in [0.717, 1.165) is 12.0 Å². The van der Waals surface area contributed by atoms with Crippen LogP contribution in [0.5, 0.6) is 0 Å². The van der Waals surface area contributed by atoms with Gasteiger partial charge in [-0.3, -0.25) is 14.3 Å². The molecule has 8 nitrogen and oxygen atoms in total. The molecule has 0 radical (unpaired) electrons. The van der Waals surface area contributed by atoms with Gasteiger partial charge in [-0.25, -0.2) is 8.42 Å². The number of aromatic nitrogens is 2. The molecule has 1 aromatic carbocycles. The van der Waals surface area contributed by atoms with Gasteiger partial charge in [0.2, 0.25) is 11.8 Å². The average Bonchev–Trinajstić information content (AvgIpc) is 3.15. The molecule has 154 valence electrons. The van der Waals surface area contributed by atoms with E-state index in [1.807, 2.05) is 9.80 Å². The molecule has 3 heterocycles. The Bertz CT molecular complexity index is 1000. The quantitative estimate of drug-likeness (QED) is 0.711. The molecular formula is C20H24N4O4S. The fraction of sp³-hybridized carbons (Fsp3) is 0.450. The second-order valence-electron chi connectivity index (χ2n) is 7.80. The smallest absolute Gasteiger partial charge is 0.244 e. The highest BCUT2D eigenvalue weighted by atomic mass is 32.2. The molecule has 9 heteroatoms. The van der Waals surface area contributed by atoms with Crippen molar-refractivity contribution >= 4 is 21.7 Å². The molecule has 0 N–H and O–H groups in total. The summed E-state index contributed by atoms with van der Waals surface area (Å²) in [5.74, 6) is 0.430. The lowest BCUT2D eigenvalue weighted by molar-refractivity contribution is -0.151. The number of likely N-dealkylation sites (tertiary alicyclic amines) is 2. The highest BCUT2D eigenvalue weighted by Crippen LogP contribution is 2.33. The normalized spacial score (nSPS) is 21.4. The van der Waals surface area contributed by atoms with E-state index < -0.39 is 9.84 Å². The van der Waals surface area contributed by atoms with Crippen molar-refractivity contribution in [3.05, 3.63) is 48.3 Å². The van der Waals surface area contributed by atoms with Gasteiger partial charge in [0.25, 0.3) is 0 Å². The molecule has 0 bridgehead atoms. The van der Waals surface area contributed by atoms with Crippen LogP contribution in [-0.2, 0) is 32.4 Å². The Morgan fingerprint density at radius 2 is 1.90 bits per heavy atom. The predicted molar refractivity (Wildman–Crippen MR) is 106 cm³/mol. The van der Waals surface area contributed by atoms with Crippen LogP contribution in [0.4, 0.5) is 0 Å².